The van der Waals surface area contributed by atoms with E-state index in [2.05, 4.69) is 23.2 Å². The minimum Gasteiger partial charge on any atom is -0.378 e. The monoisotopic (exact) mass is 440 g/mol. The van der Waals surface area contributed by atoms with E-state index in [0.717, 1.165) is 35.2 Å². The number of methoxy groups -OCH3 is 1. The molecule has 0 fully saturated rings. The predicted octanol–water partition coefficient (Wildman–Crippen LogP) is 6.86. The summed E-state index contributed by atoms with van der Waals surface area (Å²) >= 11 is 6.84. The quantitative estimate of drug-likeness (QED) is 0.470. The lowest BCUT2D eigenvalue weighted by Crippen LogP contribution is -2.17. The Kier molecular flexibility index (Phi) is 7.69. The Morgan fingerprint density at radius 1 is 1.23 bits per heavy atom. The number of rotatable bonds is 7. The molecule has 0 spiro atoms. The number of halogens is 2. The molecule has 1 aliphatic rings. The summed E-state index contributed by atoms with van der Waals surface area (Å²) < 4.78 is 20.8. The minimum atomic E-state index is -0.326. The van der Waals surface area contributed by atoms with Gasteiger partial charge in [0, 0.05) is 44.6 Å². The molecule has 0 saturated heterocycles. The Hall–Kier alpha value is -2.43. The van der Waals surface area contributed by atoms with Crippen LogP contribution in [0.4, 0.5) is 10.1 Å². The van der Waals surface area contributed by atoms with Gasteiger partial charge in [0.2, 0.25) is 0 Å². The summed E-state index contributed by atoms with van der Waals surface area (Å²) in [6.07, 6.45) is 9.77. The lowest BCUT2D eigenvalue weighted by molar-refractivity contribution is 0.166. The summed E-state index contributed by atoms with van der Waals surface area (Å²) in [4.78, 5) is 6.44. The molecule has 0 N–H and O–H groups in total. The molecular weight excluding hydrogens is 411 g/mol. The van der Waals surface area contributed by atoms with Crippen LogP contribution in [0.1, 0.15) is 38.2 Å². The second kappa shape index (κ2) is 10.3. The van der Waals surface area contributed by atoms with E-state index >= 15 is 4.39 Å². The van der Waals surface area contributed by atoms with Crippen LogP contribution in [0.25, 0.3) is 11.3 Å². The molecule has 3 rings (SSSR count). The molecule has 2 unspecified atom stereocenters. The number of hydrogen-bond acceptors (Lipinski definition) is 3. The molecule has 31 heavy (non-hydrogen) atoms. The number of hydrogen-bond donors (Lipinski definition) is 0. The number of nitrogens with zero attached hydrogens (tertiary/aromatic N) is 2. The second-order valence-electron chi connectivity index (χ2n) is 8.05. The molecule has 0 amide bonds. The molecule has 3 nitrogen and oxygen atoms in total. The molecule has 0 aliphatic heterocycles. The lowest BCUT2D eigenvalue weighted by atomic mass is 9.87. The molecule has 2 atom stereocenters. The first-order valence-corrected chi connectivity index (χ1v) is 10.9. The van der Waals surface area contributed by atoms with Crippen LogP contribution in [0.3, 0.4) is 0 Å². The smallest absolute Gasteiger partial charge is 0.132 e. The Morgan fingerprint density at radius 3 is 2.65 bits per heavy atom. The summed E-state index contributed by atoms with van der Waals surface area (Å²) in [5, 5.41) is 0.637. The van der Waals surface area contributed by atoms with Gasteiger partial charge in [-0.05, 0) is 54.7 Å². The zero-order valence-corrected chi connectivity index (χ0v) is 19.6. The number of ether oxygens (including phenoxy) is 1. The number of pyridine rings is 1. The van der Waals surface area contributed by atoms with Gasteiger partial charge in [0.25, 0.3) is 0 Å². The van der Waals surface area contributed by atoms with Crippen molar-refractivity contribution in [3.05, 3.63) is 82.3 Å². The van der Waals surface area contributed by atoms with Crippen LogP contribution in [0.15, 0.2) is 70.9 Å². The third-order valence-electron chi connectivity index (χ3n) is 5.85. The van der Waals surface area contributed by atoms with E-state index in [1.165, 1.54) is 6.07 Å². The molecule has 1 heterocycles. The van der Waals surface area contributed by atoms with E-state index in [1.807, 2.05) is 51.0 Å². The van der Waals surface area contributed by atoms with Crippen molar-refractivity contribution in [1.29, 1.82) is 0 Å². The van der Waals surface area contributed by atoms with Gasteiger partial charge in [-0.2, -0.15) is 0 Å². The average Bonchev–Trinajstić information content (AvgIpc) is 2.79. The van der Waals surface area contributed by atoms with Gasteiger partial charge in [-0.1, -0.05) is 48.9 Å². The first kappa shape index (κ1) is 23.2. The van der Waals surface area contributed by atoms with Crippen molar-refractivity contribution >= 4 is 17.3 Å². The number of allylic oxidation sites excluding steroid dienone is 3. The van der Waals surface area contributed by atoms with Crippen molar-refractivity contribution in [3.8, 4) is 11.3 Å². The molecule has 1 aromatic carbocycles. The van der Waals surface area contributed by atoms with Gasteiger partial charge in [-0.15, -0.1) is 0 Å². The maximum Gasteiger partial charge on any atom is 0.132 e. The van der Waals surface area contributed by atoms with Crippen molar-refractivity contribution in [2.75, 3.05) is 26.1 Å². The number of aromatic nitrogens is 1. The van der Waals surface area contributed by atoms with Crippen molar-refractivity contribution in [1.82, 2.24) is 4.98 Å². The molecular formula is C26H30ClFN2O. The van der Waals surface area contributed by atoms with Crippen LogP contribution in [-0.4, -0.2) is 32.3 Å². The van der Waals surface area contributed by atoms with Gasteiger partial charge in [-0.3, -0.25) is 4.98 Å². The fourth-order valence-electron chi connectivity index (χ4n) is 3.87. The van der Waals surface area contributed by atoms with Gasteiger partial charge in [0.15, 0.2) is 0 Å². The lowest BCUT2D eigenvalue weighted by Gasteiger charge is -2.24. The summed E-state index contributed by atoms with van der Waals surface area (Å²) in [5.41, 5.74) is 4.94. The molecule has 164 valence electrons. The Bertz CT molecular complexity index is 1030. The van der Waals surface area contributed by atoms with Crippen LogP contribution in [0.5, 0.6) is 0 Å². The Labute approximate surface area is 189 Å². The normalized spacial score (nSPS) is 16.4. The highest BCUT2D eigenvalue weighted by Gasteiger charge is 2.24. The van der Waals surface area contributed by atoms with Gasteiger partial charge in [0.1, 0.15) is 11.9 Å². The van der Waals surface area contributed by atoms with Crippen LogP contribution in [0, 0.1) is 5.82 Å². The first-order chi connectivity index (χ1) is 14.8. The average molecular weight is 441 g/mol. The Balaban J connectivity index is 2.05. The summed E-state index contributed by atoms with van der Waals surface area (Å²) in [6, 6.07) is 8.98. The third kappa shape index (κ3) is 5.08. The van der Waals surface area contributed by atoms with Crippen molar-refractivity contribution in [2.45, 2.75) is 38.7 Å². The van der Waals surface area contributed by atoms with E-state index in [4.69, 9.17) is 16.3 Å². The van der Waals surface area contributed by atoms with Gasteiger partial charge < -0.3 is 9.64 Å². The topological polar surface area (TPSA) is 25.4 Å². The largest absolute Gasteiger partial charge is 0.378 e. The molecule has 0 radical (unpaired) electrons. The van der Waals surface area contributed by atoms with E-state index < -0.39 is 0 Å². The molecule has 1 aliphatic carbocycles. The minimum absolute atomic E-state index is 0.117. The van der Waals surface area contributed by atoms with E-state index in [0.29, 0.717) is 16.3 Å². The van der Waals surface area contributed by atoms with Crippen molar-refractivity contribution < 1.29 is 9.13 Å². The first-order valence-electron chi connectivity index (χ1n) is 10.5. The van der Waals surface area contributed by atoms with Crippen LogP contribution in [0.2, 0.25) is 0 Å². The fourth-order valence-corrected chi connectivity index (χ4v) is 4.25. The molecule has 1 aromatic heterocycles. The number of benzene rings is 1. The third-order valence-corrected chi connectivity index (χ3v) is 6.34. The van der Waals surface area contributed by atoms with E-state index in [9.17, 15) is 0 Å². The Morgan fingerprint density at radius 2 is 2.00 bits per heavy atom. The molecule has 0 bridgehead atoms. The van der Waals surface area contributed by atoms with Gasteiger partial charge in [0.05, 0.1) is 10.7 Å². The zero-order valence-electron chi connectivity index (χ0n) is 18.8. The highest BCUT2D eigenvalue weighted by atomic mass is 35.5. The standard InChI is InChI=1S/C26H30ClFN2O/c1-17(18(2)25(27)26(31-5)19-10-7-6-8-11-19)21-12-9-13-22(28)24(21)23-16-20(30(3)4)14-15-29-23/h7,9-17,26H,6,8H2,1-5H3/b25-18-. The van der Waals surface area contributed by atoms with Gasteiger partial charge in [-0.25, -0.2) is 4.39 Å². The van der Waals surface area contributed by atoms with Crippen LogP contribution >= 0.6 is 11.6 Å². The van der Waals surface area contributed by atoms with E-state index in [1.54, 1.807) is 19.4 Å². The van der Waals surface area contributed by atoms with Crippen molar-refractivity contribution in [2.24, 2.45) is 0 Å². The number of anilines is 1. The van der Waals surface area contributed by atoms with Gasteiger partial charge >= 0.3 is 0 Å². The molecule has 5 heteroatoms. The van der Waals surface area contributed by atoms with E-state index in [-0.39, 0.29) is 17.8 Å². The summed E-state index contributed by atoms with van der Waals surface area (Å²) in [6.45, 7) is 4.04. The second-order valence-corrected chi connectivity index (χ2v) is 8.46. The predicted molar refractivity (Wildman–Crippen MR) is 128 cm³/mol. The fraction of sp³-hybridized carbons (Fsp3) is 0.346. The van der Waals surface area contributed by atoms with Crippen LogP contribution in [-0.2, 0) is 4.74 Å². The SMILES string of the molecule is COC(C1=CCCC=C1)/C(Cl)=C(\C)C(C)c1cccc(F)c1-c1cc(N(C)C)ccn1. The highest BCUT2D eigenvalue weighted by Crippen LogP contribution is 2.38. The summed E-state index contributed by atoms with van der Waals surface area (Å²) in [7, 11) is 5.57. The maximum atomic E-state index is 15.1. The zero-order chi connectivity index (χ0) is 22.5. The molecule has 2 aromatic rings. The summed E-state index contributed by atoms with van der Waals surface area (Å²) in [5.74, 6) is -0.410. The van der Waals surface area contributed by atoms with Crippen LogP contribution < -0.4 is 4.90 Å². The molecule has 0 saturated carbocycles. The van der Waals surface area contributed by atoms with Crippen molar-refractivity contribution in [3.63, 3.8) is 0 Å². The maximum absolute atomic E-state index is 15.1. The highest BCUT2D eigenvalue weighted by molar-refractivity contribution is 6.31.